The summed E-state index contributed by atoms with van der Waals surface area (Å²) in [5.74, 6) is 0. The molecule has 1 aromatic heterocycles. The minimum Gasteiger partial charge on any atom is -0.334 e. The average Bonchev–Trinajstić information content (AvgIpc) is 2.75. The molecule has 3 rings (SSSR count). The molecule has 0 amide bonds. The number of hydrogen-bond donors (Lipinski definition) is 1. The molecule has 0 aromatic carbocycles. The Morgan fingerprint density at radius 1 is 1.23 bits per heavy atom. The number of fused-ring (bicyclic) bond motifs is 2. The van der Waals surface area contributed by atoms with Gasteiger partial charge < -0.3 is 9.88 Å². The number of aromatic nitrogens is 2. The third-order valence-electron chi connectivity index (χ3n) is 3.39. The normalized spacial score (nSPS) is 38.0. The fourth-order valence-corrected chi connectivity index (χ4v) is 2.76. The van der Waals surface area contributed by atoms with Gasteiger partial charge in [-0.2, -0.15) is 0 Å². The highest BCUT2D eigenvalue weighted by atomic mass is 15.1. The molecule has 3 heteroatoms. The van der Waals surface area contributed by atoms with E-state index in [0.717, 1.165) is 12.1 Å². The molecule has 2 saturated heterocycles. The van der Waals surface area contributed by atoms with Gasteiger partial charge in [0, 0.05) is 30.5 Å². The van der Waals surface area contributed by atoms with E-state index < -0.39 is 0 Å². The van der Waals surface area contributed by atoms with Gasteiger partial charge in [0.15, 0.2) is 0 Å². The molecule has 70 valence electrons. The molecule has 3 heterocycles. The van der Waals surface area contributed by atoms with E-state index in [1.165, 1.54) is 25.7 Å². The van der Waals surface area contributed by atoms with Crippen molar-refractivity contribution < 1.29 is 0 Å². The Labute approximate surface area is 78.2 Å². The van der Waals surface area contributed by atoms with Crippen LogP contribution in [0.2, 0.25) is 0 Å². The minimum absolute atomic E-state index is 0.696. The standard InChI is InChI=1S/C10H15N3/c1-2-9-6-10(5-8(1)12-9)13-4-3-11-7-13/h3-4,7-10,12H,1-2,5-6H2. The lowest BCUT2D eigenvalue weighted by molar-refractivity contribution is 0.298. The van der Waals surface area contributed by atoms with Crippen LogP contribution in [-0.2, 0) is 0 Å². The van der Waals surface area contributed by atoms with Gasteiger partial charge in [-0.25, -0.2) is 4.98 Å². The van der Waals surface area contributed by atoms with E-state index in [4.69, 9.17) is 0 Å². The summed E-state index contributed by atoms with van der Waals surface area (Å²) in [5, 5.41) is 3.65. The Morgan fingerprint density at radius 3 is 2.62 bits per heavy atom. The molecule has 1 N–H and O–H groups in total. The summed E-state index contributed by atoms with van der Waals surface area (Å²) in [7, 11) is 0. The lowest BCUT2D eigenvalue weighted by Gasteiger charge is -2.29. The van der Waals surface area contributed by atoms with Gasteiger partial charge in [0.2, 0.25) is 0 Å². The number of rotatable bonds is 1. The number of imidazole rings is 1. The van der Waals surface area contributed by atoms with E-state index in [1.54, 1.807) is 0 Å². The highest BCUT2D eigenvalue weighted by Crippen LogP contribution is 2.33. The van der Waals surface area contributed by atoms with Crippen LogP contribution in [0.15, 0.2) is 18.7 Å². The van der Waals surface area contributed by atoms with Gasteiger partial charge >= 0.3 is 0 Å². The Bertz CT molecular complexity index is 268. The molecular weight excluding hydrogens is 162 g/mol. The van der Waals surface area contributed by atoms with E-state index in [-0.39, 0.29) is 0 Å². The van der Waals surface area contributed by atoms with Gasteiger partial charge in [-0.05, 0) is 25.7 Å². The van der Waals surface area contributed by atoms with Crippen molar-refractivity contribution in [3.05, 3.63) is 18.7 Å². The van der Waals surface area contributed by atoms with Crippen molar-refractivity contribution in [3.63, 3.8) is 0 Å². The van der Waals surface area contributed by atoms with Gasteiger partial charge in [0.1, 0.15) is 0 Å². The zero-order valence-corrected chi connectivity index (χ0v) is 7.69. The maximum Gasteiger partial charge on any atom is 0.0948 e. The second-order valence-corrected chi connectivity index (χ2v) is 4.27. The maximum atomic E-state index is 4.11. The molecule has 0 spiro atoms. The molecule has 2 fully saturated rings. The number of nitrogens with one attached hydrogen (secondary N) is 1. The highest BCUT2D eigenvalue weighted by Gasteiger charge is 2.33. The minimum atomic E-state index is 0.696. The summed E-state index contributed by atoms with van der Waals surface area (Å²) in [5.41, 5.74) is 0. The van der Waals surface area contributed by atoms with E-state index >= 15 is 0 Å². The molecule has 2 aliphatic heterocycles. The molecule has 2 aliphatic rings. The second kappa shape index (κ2) is 2.84. The van der Waals surface area contributed by atoms with E-state index in [2.05, 4.69) is 21.1 Å². The number of hydrogen-bond acceptors (Lipinski definition) is 2. The molecule has 2 bridgehead atoms. The van der Waals surface area contributed by atoms with Crippen molar-refractivity contribution in [1.82, 2.24) is 14.9 Å². The predicted octanol–water partition coefficient (Wildman–Crippen LogP) is 1.34. The van der Waals surface area contributed by atoms with Gasteiger partial charge in [-0.3, -0.25) is 0 Å². The van der Waals surface area contributed by atoms with Crippen molar-refractivity contribution in [2.24, 2.45) is 0 Å². The zero-order chi connectivity index (χ0) is 8.67. The van der Waals surface area contributed by atoms with Crippen LogP contribution in [0.1, 0.15) is 31.7 Å². The first-order valence-corrected chi connectivity index (χ1v) is 5.15. The summed E-state index contributed by atoms with van der Waals surface area (Å²) >= 11 is 0. The van der Waals surface area contributed by atoms with Crippen molar-refractivity contribution in [2.45, 2.75) is 43.8 Å². The van der Waals surface area contributed by atoms with Crippen LogP contribution in [0.5, 0.6) is 0 Å². The summed E-state index contributed by atoms with van der Waals surface area (Å²) < 4.78 is 2.27. The monoisotopic (exact) mass is 177 g/mol. The van der Waals surface area contributed by atoms with Crippen LogP contribution in [0.4, 0.5) is 0 Å². The fraction of sp³-hybridized carbons (Fsp3) is 0.700. The Morgan fingerprint density at radius 2 is 2.00 bits per heavy atom. The van der Waals surface area contributed by atoms with E-state index in [9.17, 15) is 0 Å². The van der Waals surface area contributed by atoms with Crippen LogP contribution < -0.4 is 5.32 Å². The third kappa shape index (κ3) is 1.27. The number of piperidine rings is 1. The molecule has 2 atom stereocenters. The van der Waals surface area contributed by atoms with Crippen LogP contribution >= 0.6 is 0 Å². The Balaban J connectivity index is 1.80. The summed E-state index contributed by atoms with van der Waals surface area (Å²) in [6.07, 6.45) is 11.2. The summed E-state index contributed by atoms with van der Waals surface area (Å²) in [4.78, 5) is 4.11. The van der Waals surface area contributed by atoms with Gasteiger partial charge in [0.25, 0.3) is 0 Å². The predicted molar refractivity (Wildman–Crippen MR) is 50.4 cm³/mol. The maximum absolute atomic E-state index is 4.11. The molecule has 2 unspecified atom stereocenters. The molecule has 0 saturated carbocycles. The summed E-state index contributed by atoms with van der Waals surface area (Å²) in [6, 6.07) is 2.23. The molecule has 0 radical (unpaired) electrons. The Hall–Kier alpha value is -0.830. The van der Waals surface area contributed by atoms with Crippen LogP contribution in [0.25, 0.3) is 0 Å². The molecule has 13 heavy (non-hydrogen) atoms. The average molecular weight is 177 g/mol. The summed E-state index contributed by atoms with van der Waals surface area (Å²) in [6.45, 7) is 0. The van der Waals surface area contributed by atoms with E-state index in [0.29, 0.717) is 6.04 Å². The fourth-order valence-electron chi connectivity index (χ4n) is 2.76. The first-order chi connectivity index (χ1) is 6.42. The molecular formula is C10H15N3. The van der Waals surface area contributed by atoms with E-state index in [1.807, 2.05) is 12.5 Å². The van der Waals surface area contributed by atoms with Crippen molar-refractivity contribution in [3.8, 4) is 0 Å². The van der Waals surface area contributed by atoms with Gasteiger partial charge in [-0.1, -0.05) is 0 Å². The first kappa shape index (κ1) is 7.56. The van der Waals surface area contributed by atoms with Crippen molar-refractivity contribution in [1.29, 1.82) is 0 Å². The molecule has 0 aliphatic carbocycles. The number of nitrogens with zero attached hydrogens (tertiary/aromatic N) is 2. The first-order valence-electron chi connectivity index (χ1n) is 5.15. The van der Waals surface area contributed by atoms with Crippen molar-refractivity contribution >= 4 is 0 Å². The second-order valence-electron chi connectivity index (χ2n) is 4.27. The molecule has 3 nitrogen and oxygen atoms in total. The topological polar surface area (TPSA) is 29.9 Å². The van der Waals surface area contributed by atoms with Crippen LogP contribution in [-0.4, -0.2) is 21.6 Å². The largest absolute Gasteiger partial charge is 0.334 e. The smallest absolute Gasteiger partial charge is 0.0948 e. The van der Waals surface area contributed by atoms with Gasteiger partial charge in [0.05, 0.1) is 6.33 Å². The lowest BCUT2D eigenvalue weighted by Crippen LogP contribution is -2.38. The van der Waals surface area contributed by atoms with Crippen LogP contribution in [0.3, 0.4) is 0 Å². The van der Waals surface area contributed by atoms with Gasteiger partial charge in [-0.15, -0.1) is 0 Å². The van der Waals surface area contributed by atoms with Crippen molar-refractivity contribution in [2.75, 3.05) is 0 Å². The Kier molecular flexibility index (Phi) is 1.65. The van der Waals surface area contributed by atoms with Crippen LogP contribution in [0, 0.1) is 0 Å². The SMILES string of the molecule is c1cn(C2CC3CCC(C2)N3)cn1. The third-order valence-corrected chi connectivity index (χ3v) is 3.39. The highest BCUT2D eigenvalue weighted by molar-refractivity contribution is 4.95. The quantitative estimate of drug-likeness (QED) is 0.701. The lowest BCUT2D eigenvalue weighted by atomic mass is 10.00. The molecule has 1 aromatic rings. The zero-order valence-electron chi connectivity index (χ0n) is 7.69.